The van der Waals surface area contributed by atoms with E-state index in [1.807, 2.05) is 19.2 Å². The molecule has 0 amide bonds. The summed E-state index contributed by atoms with van der Waals surface area (Å²) >= 11 is 0. The summed E-state index contributed by atoms with van der Waals surface area (Å²) in [6.07, 6.45) is 5.92. The minimum atomic E-state index is 0.453. The highest BCUT2D eigenvalue weighted by Gasteiger charge is 1.91. The van der Waals surface area contributed by atoms with Crippen molar-refractivity contribution in [3.8, 4) is 6.19 Å². The zero-order valence-electron chi connectivity index (χ0n) is 5.89. The van der Waals surface area contributed by atoms with Crippen LogP contribution in [0.5, 0.6) is 0 Å². The summed E-state index contributed by atoms with van der Waals surface area (Å²) in [6.45, 7) is 4.77. The molecule has 0 saturated carbocycles. The van der Waals surface area contributed by atoms with Crippen molar-refractivity contribution in [3.63, 3.8) is 0 Å². The maximum absolute atomic E-state index is 8.10. The number of allylic oxidation sites excluding steroid dienone is 1. The Bertz CT molecular complexity index is 121. The van der Waals surface area contributed by atoms with Gasteiger partial charge in [0, 0.05) is 6.54 Å². The lowest BCUT2D eigenvalue weighted by molar-refractivity contribution is 0.677. The van der Waals surface area contributed by atoms with Crippen LogP contribution in [0, 0.1) is 17.4 Å². The minimum absolute atomic E-state index is 0.453. The van der Waals surface area contributed by atoms with Crippen LogP contribution in [-0.2, 0) is 0 Å². The van der Waals surface area contributed by atoms with Gasteiger partial charge in [-0.2, -0.15) is 5.26 Å². The van der Waals surface area contributed by atoms with Crippen LogP contribution >= 0.6 is 0 Å². The fraction of sp³-hybridized carbons (Fsp3) is 0.571. The van der Waals surface area contributed by atoms with Gasteiger partial charge >= 0.3 is 0 Å². The summed E-state index contributed by atoms with van der Waals surface area (Å²) in [5.41, 5.74) is 0. The predicted molar refractivity (Wildman–Crippen MR) is 37.6 cm³/mol. The van der Waals surface area contributed by atoms with E-state index in [9.17, 15) is 0 Å². The Morgan fingerprint density at radius 3 is 2.89 bits per heavy atom. The molecule has 0 fully saturated rings. The van der Waals surface area contributed by atoms with Crippen molar-refractivity contribution in [2.24, 2.45) is 5.92 Å². The lowest BCUT2D eigenvalue weighted by atomic mass is 10.2. The SMILES string of the molecule is CC=CC(C)CNC#N. The number of nitriles is 1. The van der Waals surface area contributed by atoms with Crippen molar-refractivity contribution in [1.82, 2.24) is 5.32 Å². The molecule has 0 aliphatic carbocycles. The molecule has 1 atom stereocenters. The molecule has 9 heavy (non-hydrogen) atoms. The molecule has 2 heteroatoms. The molecule has 0 aromatic carbocycles. The molecule has 0 aromatic heterocycles. The number of nitrogens with one attached hydrogen (secondary N) is 1. The van der Waals surface area contributed by atoms with E-state index in [-0.39, 0.29) is 0 Å². The van der Waals surface area contributed by atoms with Crippen LogP contribution in [0.3, 0.4) is 0 Å². The first-order valence-corrected chi connectivity index (χ1v) is 3.06. The molecule has 0 aromatic rings. The van der Waals surface area contributed by atoms with E-state index in [1.165, 1.54) is 0 Å². The lowest BCUT2D eigenvalue weighted by Crippen LogP contribution is -2.13. The molecule has 1 N–H and O–H groups in total. The molecule has 0 aliphatic rings. The summed E-state index contributed by atoms with van der Waals surface area (Å²) < 4.78 is 0. The lowest BCUT2D eigenvalue weighted by Gasteiger charge is -2.00. The summed E-state index contributed by atoms with van der Waals surface area (Å²) in [7, 11) is 0. The van der Waals surface area contributed by atoms with Crippen LogP contribution in [0.25, 0.3) is 0 Å². The summed E-state index contributed by atoms with van der Waals surface area (Å²) in [5.74, 6) is 0.453. The maximum Gasteiger partial charge on any atom is 0.176 e. The zero-order chi connectivity index (χ0) is 7.11. The molecule has 0 saturated heterocycles. The van der Waals surface area contributed by atoms with E-state index in [0.29, 0.717) is 5.92 Å². The van der Waals surface area contributed by atoms with E-state index < -0.39 is 0 Å². The van der Waals surface area contributed by atoms with Crippen LogP contribution in [0.1, 0.15) is 13.8 Å². The van der Waals surface area contributed by atoms with E-state index in [0.717, 1.165) is 6.54 Å². The van der Waals surface area contributed by atoms with Crippen molar-refractivity contribution in [2.45, 2.75) is 13.8 Å². The molecule has 0 rings (SSSR count). The van der Waals surface area contributed by atoms with Gasteiger partial charge in [0.1, 0.15) is 0 Å². The average molecular weight is 124 g/mol. The Morgan fingerprint density at radius 1 is 1.78 bits per heavy atom. The molecule has 0 aliphatic heterocycles. The van der Waals surface area contributed by atoms with Crippen molar-refractivity contribution in [2.75, 3.05) is 6.54 Å². The topological polar surface area (TPSA) is 35.8 Å². The monoisotopic (exact) mass is 124 g/mol. The molecule has 50 valence electrons. The third-order valence-electron chi connectivity index (χ3n) is 1.02. The molecule has 1 unspecified atom stereocenters. The average Bonchev–Trinajstić information content (AvgIpc) is 1.85. The third kappa shape index (κ3) is 4.89. The highest BCUT2D eigenvalue weighted by Crippen LogP contribution is 1.92. The third-order valence-corrected chi connectivity index (χ3v) is 1.02. The van der Waals surface area contributed by atoms with Crippen LogP contribution in [0.15, 0.2) is 12.2 Å². The van der Waals surface area contributed by atoms with Gasteiger partial charge in [-0.1, -0.05) is 19.1 Å². The Labute approximate surface area is 56.2 Å². The predicted octanol–water partition coefficient (Wildman–Crippen LogP) is 1.27. The fourth-order valence-electron chi connectivity index (χ4n) is 0.603. The summed E-state index contributed by atoms with van der Waals surface area (Å²) in [4.78, 5) is 0. The number of hydrogen-bond donors (Lipinski definition) is 1. The Balaban J connectivity index is 3.29. The minimum Gasteiger partial charge on any atom is -0.323 e. The summed E-state index contributed by atoms with van der Waals surface area (Å²) in [6, 6.07) is 0. The van der Waals surface area contributed by atoms with Gasteiger partial charge in [0.2, 0.25) is 0 Å². The second-order valence-corrected chi connectivity index (χ2v) is 2.00. The Kier molecular flexibility index (Phi) is 4.61. The first-order valence-electron chi connectivity index (χ1n) is 3.06. The smallest absolute Gasteiger partial charge is 0.176 e. The van der Waals surface area contributed by atoms with E-state index >= 15 is 0 Å². The van der Waals surface area contributed by atoms with Gasteiger partial charge in [-0.25, -0.2) is 0 Å². The van der Waals surface area contributed by atoms with Crippen LogP contribution in [0.2, 0.25) is 0 Å². The maximum atomic E-state index is 8.10. The van der Waals surface area contributed by atoms with Crippen molar-refractivity contribution >= 4 is 0 Å². The van der Waals surface area contributed by atoms with Crippen LogP contribution in [0.4, 0.5) is 0 Å². The molecule has 0 bridgehead atoms. The Hall–Kier alpha value is -0.970. The second kappa shape index (κ2) is 5.17. The number of hydrogen-bond acceptors (Lipinski definition) is 2. The number of nitrogens with zero attached hydrogens (tertiary/aromatic N) is 1. The van der Waals surface area contributed by atoms with Gasteiger partial charge < -0.3 is 5.32 Å². The molecular formula is C7H12N2. The quantitative estimate of drug-likeness (QED) is 0.349. The standard InChI is InChI=1S/C7H12N2/c1-3-4-7(2)5-9-6-8/h3-4,7,9H,5H2,1-2H3. The summed E-state index contributed by atoms with van der Waals surface area (Å²) in [5, 5.41) is 10.7. The van der Waals surface area contributed by atoms with Crippen molar-refractivity contribution < 1.29 is 0 Å². The first kappa shape index (κ1) is 8.03. The zero-order valence-corrected chi connectivity index (χ0v) is 5.89. The van der Waals surface area contributed by atoms with E-state index in [2.05, 4.69) is 18.3 Å². The second-order valence-electron chi connectivity index (χ2n) is 2.00. The molecule has 0 heterocycles. The van der Waals surface area contributed by atoms with Crippen molar-refractivity contribution in [3.05, 3.63) is 12.2 Å². The van der Waals surface area contributed by atoms with Gasteiger partial charge in [0.05, 0.1) is 0 Å². The fourth-order valence-corrected chi connectivity index (χ4v) is 0.603. The highest BCUT2D eigenvalue weighted by atomic mass is 14.8. The Morgan fingerprint density at radius 2 is 2.44 bits per heavy atom. The van der Waals surface area contributed by atoms with Crippen LogP contribution in [-0.4, -0.2) is 6.54 Å². The first-order chi connectivity index (χ1) is 4.31. The highest BCUT2D eigenvalue weighted by molar-refractivity contribution is 4.85. The van der Waals surface area contributed by atoms with Gasteiger partial charge in [-0.15, -0.1) is 0 Å². The van der Waals surface area contributed by atoms with E-state index in [4.69, 9.17) is 5.26 Å². The van der Waals surface area contributed by atoms with Gasteiger partial charge in [0.25, 0.3) is 0 Å². The normalized spacial score (nSPS) is 13.0. The van der Waals surface area contributed by atoms with Gasteiger partial charge in [-0.05, 0) is 12.8 Å². The molecule has 0 spiro atoms. The largest absolute Gasteiger partial charge is 0.323 e. The van der Waals surface area contributed by atoms with Crippen LogP contribution < -0.4 is 5.32 Å². The molecule has 2 nitrogen and oxygen atoms in total. The number of rotatable bonds is 3. The van der Waals surface area contributed by atoms with Gasteiger partial charge in [-0.3, -0.25) is 0 Å². The van der Waals surface area contributed by atoms with Crippen molar-refractivity contribution in [1.29, 1.82) is 5.26 Å². The molecular weight excluding hydrogens is 112 g/mol. The van der Waals surface area contributed by atoms with Gasteiger partial charge in [0.15, 0.2) is 6.19 Å². The molecule has 0 radical (unpaired) electrons. The van der Waals surface area contributed by atoms with E-state index in [1.54, 1.807) is 0 Å².